The van der Waals surface area contributed by atoms with Crippen molar-refractivity contribution in [3.05, 3.63) is 0 Å². The first-order chi connectivity index (χ1) is 5.94. The molecular formula is C10H18O3. The van der Waals surface area contributed by atoms with Crippen molar-refractivity contribution in [2.75, 3.05) is 6.61 Å². The molecule has 0 unspecified atom stereocenters. The molecule has 13 heavy (non-hydrogen) atoms. The molecule has 0 heterocycles. The predicted octanol–water partition coefficient (Wildman–Crippen LogP) is 1.49. The van der Waals surface area contributed by atoms with E-state index in [1.54, 1.807) is 20.8 Å². The zero-order valence-corrected chi connectivity index (χ0v) is 8.59. The van der Waals surface area contributed by atoms with Crippen LogP contribution in [0.5, 0.6) is 0 Å². The van der Waals surface area contributed by atoms with Gasteiger partial charge in [0.1, 0.15) is 0 Å². The second-order valence-corrected chi connectivity index (χ2v) is 4.23. The van der Waals surface area contributed by atoms with Crippen LogP contribution in [0.25, 0.3) is 0 Å². The van der Waals surface area contributed by atoms with Crippen LogP contribution in [0.15, 0.2) is 0 Å². The molecule has 0 atom stereocenters. The molecule has 1 N–H and O–H groups in total. The van der Waals surface area contributed by atoms with Gasteiger partial charge in [-0.15, -0.1) is 0 Å². The SMILES string of the molecule is CCOC(=O)C(C)(C)C1(O)CCC1. The molecule has 3 heteroatoms. The van der Waals surface area contributed by atoms with Crippen LogP contribution >= 0.6 is 0 Å². The van der Waals surface area contributed by atoms with Crippen molar-refractivity contribution in [1.82, 2.24) is 0 Å². The van der Waals surface area contributed by atoms with Gasteiger partial charge in [0.05, 0.1) is 17.6 Å². The Morgan fingerprint density at radius 2 is 2.08 bits per heavy atom. The molecule has 0 spiro atoms. The first kappa shape index (κ1) is 10.5. The maximum atomic E-state index is 11.5. The van der Waals surface area contributed by atoms with E-state index in [0.29, 0.717) is 19.4 Å². The van der Waals surface area contributed by atoms with Crippen LogP contribution in [-0.2, 0) is 9.53 Å². The van der Waals surface area contributed by atoms with E-state index in [4.69, 9.17) is 4.74 Å². The van der Waals surface area contributed by atoms with E-state index in [-0.39, 0.29) is 5.97 Å². The number of ether oxygens (including phenoxy) is 1. The van der Waals surface area contributed by atoms with E-state index in [0.717, 1.165) is 6.42 Å². The Morgan fingerprint density at radius 3 is 2.38 bits per heavy atom. The molecule has 1 fully saturated rings. The average Bonchev–Trinajstić information content (AvgIpc) is 2.00. The van der Waals surface area contributed by atoms with Crippen LogP contribution in [-0.4, -0.2) is 23.3 Å². The summed E-state index contributed by atoms with van der Waals surface area (Å²) in [6.07, 6.45) is 2.41. The first-order valence-corrected chi connectivity index (χ1v) is 4.83. The molecule has 0 amide bonds. The third kappa shape index (κ3) is 1.57. The van der Waals surface area contributed by atoms with Crippen molar-refractivity contribution >= 4 is 5.97 Å². The fraction of sp³-hybridized carbons (Fsp3) is 0.900. The Labute approximate surface area is 79.1 Å². The lowest BCUT2D eigenvalue weighted by Crippen LogP contribution is -2.54. The smallest absolute Gasteiger partial charge is 0.314 e. The van der Waals surface area contributed by atoms with Gasteiger partial charge in [0, 0.05) is 0 Å². The summed E-state index contributed by atoms with van der Waals surface area (Å²) in [6.45, 7) is 5.66. The zero-order valence-electron chi connectivity index (χ0n) is 8.59. The van der Waals surface area contributed by atoms with Crippen LogP contribution in [0, 0.1) is 5.41 Å². The lowest BCUT2D eigenvalue weighted by atomic mass is 9.63. The van der Waals surface area contributed by atoms with Crippen LogP contribution in [0.3, 0.4) is 0 Å². The standard InChI is InChI=1S/C10H18O3/c1-4-13-8(11)9(2,3)10(12)6-5-7-10/h12H,4-7H2,1-3H3. The van der Waals surface area contributed by atoms with Gasteiger partial charge >= 0.3 is 5.97 Å². The molecule has 0 aliphatic heterocycles. The molecule has 1 aliphatic rings. The van der Waals surface area contributed by atoms with Crippen LogP contribution in [0.2, 0.25) is 0 Å². The highest BCUT2D eigenvalue weighted by Gasteiger charge is 2.53. The summed E-state index contributed by atoms with van der Waals surface area (Å²) in [5.41, 5.74) is -1.60. The maximum absolute atomic E-state index is 11.5. The molecule has 0 aromatic rings. The molecule has 0 aromatic heterocycles. The highest BCUT2D eigenvalue weighted by atomic mass is 16.5. The number of hydrogen-bond donors (Lipinski definition) is 1. The Balaban J connectivity index is 2.68. The summed E-state index contributed by atoms with van der Waals surface area (Å²) in [5.74, 6) is -0.294. The minimum atomic E-state index is -0.834. The number of aliphatic hydroxyl groups is 1. The van der Waals surface area contributed by atoms with E-state index in [1.807, 2.05) is 0 Å². The van der Waals surface area contributed by atoms with Crippen molar-refractivity contribution in [2.45, 2.75) is 45.6 Å². The van der Waals surface area contributed by atoms with Crippen LogP contribution in [0.1, 0.15) is 40.0 Å². The Hall–Kier alpha value is -0.570. The number of rotatable bonds is 3. The van der Waals surface area contributed by atoms with Gasteiger partial charge in [-0.2, -0.15) is 0 Å². The number of hydrogen-bond acceptors (Lipinski definition) is 3. The molecule has 1 aliphatic carbocycles. The van der Waals surface area contributed by atoms with Crippen molar-refractivity contribution in [2.24, 2.45) is 5.41 Å². The molecule has 76 valence electrons. The second-order valence-electron chi connectivity index (χ2n) is 4.23. The van der Waals surface area contributed by atoms with Gasteiger partial charge < -0.3 is 9.84 Å². The molecular weight excluding hydrogens is 168 g/mol. The lowest BCUT2D eigenvalue weighted by Gasteiger charge is -2.47. The van der Waals surface area contributed by atoms with Gasteiger partial charge in [-0.1, -0.05) is 0 Å². The number of carbonyl (C=O) groups is 1. The summed E-state index contributed by atoms with van der Waals surface area (Å²) in [6, 6.07) is 0. The quantitative estimate of drug-likeness (QED) is 0.679. The zero-order chi connectivity index (χ0) is 10.1. The molecule has 1 rings (SSSR count). The lowest BCUT2D eigenvalue weighted by molar-refractivity contribution is -0.182. The van der Waals surface area contributed by atoms with Gasteiger partial charge in [0.2, 0.25) is 0 Å². The largest absolute Gasteiger partial charge is 0.465 e. The second kappa shape index (κ2) is 3.29. The Morgan fingerprint density at radius 1 is 1.54 bits per heavy atom. The fourth-order valence-corrected chi connectivity index (χ4v) is 1.64. The molecule has 0 radical (unpaired) electrons. The van der Waals surface area contributed by atoms with Crippen molar-refractivity contribution in [1.29, 1.82) is 0 Å². The monoisotopic (exact) mass is 186 g/mol. The summed E-state index contributed by atoms with van der Waals surface area (Å²) < 4.78 is 4.93. The van der Waals surface area contributed by atoms with E-state index in [2.05, 4.69) is 0 Å². The summed E-state index contributed by atoms with van der Waals surface area (Å²) >= 11 is 0. The van der Waals surface area contributed by atoms with E-state index < -0.39 is 11.0 Å². The summed E-state index contributed by atoms with van der Waals surface area (Å²) in [7, 11) is 0. The minimum absolute atomic E-state index is 0.294. The minimum Gasteiger partial charge on any atom is -0.465 e. The molecule has 3 nitrogen and oxygen atoms in total. The average molecular weight is 186 g/mol. The van der Waals surface area contributed by atoms with E-state index in [1.165, 1.54) is 0 Å². The molecule has 0 saturated heterocycles. The van der Waals surface area contributed by atoms with Crippen LogP contribution < -0.4 is 0 Å². The number of carbonyl (C=O) groups excluding carboxylic acids is 1. The first-order valence-electron chi connectivity index (χ1n) is 4.83. The normalized spacial score (nSPS) is 20.6. The maximum Gasteiger partial charge on any atom is 0.314 e. The highest BCUT2D eigenvalue weighted by molar-refractivity contribution is 5.77. The van der Waals surface area contributed by atoms with Crippen LogP contribution in [0.4, 0.5) is 0 Å². The van der Waals surface area contributed by atoms with Crippen molar-refractivity contribution < 1.29 is 14.6 Å². The van der Waals surface area contributed by atoms with Crippen molar-refractivity contribution in [3.8, 4) is 0 Å². The van der Waals surface area contributed by atoms with E-state index in [9.17, 15) is 9.90 Å². The molecule has 1 saturated carbocycles. The van der Waals surface area contributed by atoms with Crippen molar-refractivity contribution in [3.63, 3.8) is 0 Å². The molecule has 0 bridgehead atoms. The third-order valence-electron chi connectivity index (χ3n) is 3.13. The van der Waals surface area contributed by atoms with Gasteiger partial charge in [0.15, 0.2) is 0 Å². The highest BCUT2D eigenvalue weighted by Crippen LogP contribution is 2.46. The topological polar surface area (TPSA) is 46.5 Å². The fourth-order valence-electron chi connectivity index (χ4n) is 1.64. The van der Waals surface area contributed by atoms with Gasteiger partial charge in [0.25, 0.3) is 0 Å². The Kier molecular flexibility index (Phi) is 2.66. The van der Waals surface area contributed by atoms with Gasteiger partial charge in [-0.05, 0) is 40.0 Å². The molecule has 0 aromatic carbocycles. The summed E-state index contributed by atoms with van der Waals surface area (Å²) in [4.78, 5) is 11.5. The van der Waals surface area contributed by atoms with Gasteiger partial charge in [-0.3, -0.25) is 4.79 Å². The van der Waals surface area contributed by atoms with Gasteiger partial charge in [-0.25, -0.2) is 0 Å². The summed E-state index contributed by atoms with van der Waals surface area (Å²) in [5, 5.41) is 10.0. The number of esters is 1. The predicted molar refractivity (Wildman–Crippen MR) is 49.2 cm³/mol. The third-order valence-corrected chi connectivity index (χ3v) is 3.13. The Bertz CT molecular complexity index is 204. The van der Waals surface area contributed by atoms with E-state index >= 15 is 0 Å².